The predicted octanol–water partition coefficient (Wildman–Crippen LogP) is 3.27. The average molecular weight is 408 g/mol. The van der Waals surface area contributed by atoms with Crippen LogP contribution >= 0.6 is 11.3 Å². The summed E-state index contributed by atoms with van der Waals surface area (Å²) in [6.07, 6.45) is 1.63. The highest BCUT2D eigenvalue weighted by atomic mass is 32.1. The van der Waals surface area contributed by atoms with Crippen LogP contribution < -0.4 is 0 Å². The summed E-state index contributed by atoms with van der Waals surface area (Å²) in [7, 11) is 1.39. The Kier molecular flexibility index (Phi) is 4.10. The molecule has 1 saturated heterocycles. The van der Waals surface area contributed by atoms with Gasteiger partial charge in [0.15, 0.2) is 0 Å². The fraction of sp³-hybridized carbons (Fsp3) is 0.318. The third-order valence-corrected chi connectivity index (χ3v) is 7.08. The third kappa shape index (κ3) is 2.72. The second-order valence-corrected chi connectivity index (χ2v) is 8.65. The number of carbonyl (C=O) groups excluding carboxylic acids is 2. The van der Waals surface area contributed by atoms with Crippen LogP contribution in [0.2, 0.25) is 0 Å². The van der Waals surface area contributed by atoms with Crippen molar-refractivity contribution in [3.8, 4) is 5.75 Å². The molecule has 2 heterocycles. The lowest BCUT2D eigenvalue weighted by atomic mass is 9.63. The van der Waals surface area contributed by atoms with Gasteiger partial charge in [0.1, 0.15) is 5.75 Å². The van der Waals surface area contributed by atoms with Gasteiger partial charge in [0.05, 0.1) is 28.3 Å². The van der Waals surface area contributed by atoms with Crippen molar-refractivity contribution in [2.24, 2.45) is 0 Å². The summed E-state index contributed by atoms with van der Waals surface area (Å²) in [4.78, 5) is 32.3. The lowest BCUT2D eigenvalue weighted by Gasteiger charge is -2.49. The number of aromatic hydroxyl groups is 1. The van der Waals surface area contributed by atoms with Crippen LogP contribution in [0.1, 0.15) is 34.3 Å². The van der Waals surface area contributed by atoms with Crippen molar-refractivity contribution in [2.75, 3.05) is 13.7 Å². The maximum Gasteiger partial charge on any atom is 0.316 e. The van der Waals surface area contributed by atoms with Crippen LogP contribution in [0.15, 0.2) is 41.9 Å². The molecule has 0 spiro atoms. The third-order valence-electron chi connectivity index (χ3n) is 6.28. The number of thiazole rings is 1. The lowest BCUT2D eigenvalue weighted by Crippen LogP contribution is -2.58. The summed E-state index contributed by atoms with van der Waals surface area (Å²) >= 11 is 1.52. The molecule has 6 nitrogen and oxygen atoms in total. The van der Waals surface area contributed by atoms with Crippen molar-refractivity contribution in [3.05, 3.63) is 58.6 Å². The Morgan fingerprint density at radius 2 is 2.14 bits per heavy atom. The molecule has 1 aliphatic carbocycles. The van der Waals surface area contributed by atoms with E-state index < -0.39 is 5.41 Å². The smallest absolute Gasteiger partial charge is 0.316 e. The van der Waals surface area contributed by atoms with Crippen LogP contribution in [0.5, 0.6) is 5.75 Å². The fourth-order valence-corrected chi connectivity index (χ4v) is 5.61. The minimum absolute atomic E-state index is 0.0222. The van der Waals surface area contributed by atoms with Gasteiger partial charge in [-0.25, -0.2) is 4.98 Å². The fourth-order valence-electron chi connectivity index (χ4n) is 4.89. The average Bonchev–Trinajstić information content (AvgIpc) is 3.21. The quantitative estimate of drug-likeness (QED) is 0.659. The number of nitrogens with zero attached hydrogens (tertiary/aromatic N) is 2. The highest BCUT2D eigenvalue weighted by Gasteiger charge is 2.52. The van der Waals surface area contributed by atoms with E-state index in [0.717, 1.165) is 21.3 Å². The first-order valence-electron chi connectivity index (χ1n) is 9.57. The molecule has 1 N–H and O–H groups in total. The van der Waals surface area contributed by atoms with Gasteiger partial charge in [0.25, 0.3) is 5.91 Å². The van der Waals surface area contributed by atoms with Gasteiger partial charge in [-0.05, 0) is 60.7 Å². The number of phenolic OH excluding ortho intramolecular Hbond substituents is 1. The molecule has 1 aromatic heterocycles. The molecule has 0 radical (unpaired) electrons. The number of hydrogen-bond donors (Lipinski definition) is 1. The van der Waals surface area contributed by atoms with E-state index in [0.29, 0.717) is 31.4 Å². The Morgan fingerprint density at radius 3 is 2.97 bits per heavy atom. The Hall–Kier alpha value is -2.93. The molecule has 1 amide bonds. The van der Waals surface area contributed by atoms with Crippen molar-refractivity contribution >= 4 is 33.4 Å². The van der Waals surface area contributed by atoms with Gasteiger partial charge in [0.2, 0.25) is 0 Å². The summed E-state index contributed by atoms with van der Waals surface area (Å²) in [6, 6.07) is 10.7. The summed E-state index contributed by atoms with van der Waals surface area (Å²) in [5.41, 5.74) is 4.31. The molecule has 2 unspecified atom stereocenters. The van der Waals surface area contributed by atoms with Crippen molar-refractivity contribution < 1.29 is 19.4 Å². The molecule has 29 heavy (non-hydrogen) atoms. The van der Waals surface area contributed by atoms with Crippen LogP contribution in [0.25, 0.3) is 10.2 Å². The van der Waals surface area contributed by atoms with Gasteiger partial charge in [-0.2, -0.15) is 0 Å². The molecular formula is C22H20N2O4S. The SMILES string of the molecule is COC(=O)C12CCN(C(=O)c3ccc4ncsc4c3)C(Cc3ccc(O)cc31)C2. The van der Waals surface area contributed by atoms with Gasteiger partial charge < -0.3 is 14.7 Å². The van der Waals surface area contributed by atoms with Crippen molar-refractivity contribution in [1.29, 1.82) is 0 Å². The van der Waals surface area contributed by atoms with E-state index in [4.69, 9.17) is 4.74 Å². The minimum atomic E-state index is -0.815. The Balaban J connectivity index is 1.53. The number of methoxy groups -OCH3 is 1. The molecular weight excluding hydrogens is 388 g/mol. The van der Waals surface area contributed by atoms with Crippen LogP contribution in [0.3, 0.4) is 0 Å². The van der Waals surface area contributed by atoms with Crippen molar-refractivity contribution in [3.63, 3.8) is 0 Å². The number of aromatic nitrogens is 1. The first-order valence-corrected chi connectivity index (χ1v) is 10.4. The van der Waals surface area contributed by atoms with E-state index in [2.05, 4.69) is 4.98 Å². The maximum atomic E-state index is 13.3. The standard InChI is InChI=1S/C22H20N2O4S/c1-28-21(27)22-6-7-24(15(11-22)8-13-2-4-16(25)10-17(13)22)20(26)14-3-5-18-19(9-14)29-12-23-18/h2-5,9-10,12,15,25H,6-8,11H2,1H3. The van der Waals surface area contributed by atoms with Crippen LogP contribution in [-0.4, -0.2) is 46.6 Å². The number of ether oxygens (including phenoxy) is 1. The monoisotopic (exact) mass is 408 g/mol. The van der Waals surface area contributed by atoms with Crippen molar-refractivity contribution in [2.45, 2.75) is 30.7 Å². The molecule has 3 aromatic rings. The number of piperidine rings is 1. The molecule has 148 valence electrons. The van der Waals surface area contributed by atoms with E-state index in [1.165, 1.54) is 18.4 Å². The molecule has 5 rings (SSSR count). The van der Waals surface area contributed by atoms with E-state index in [1.807, 2.05) is 29.2 Å². The summed E-state index contributed by atoms with van der Waals surface area (Å²) in [6.45, 7) is 0.467. The number of amides is 1. The van der Waals surface area contributed by atoms with Gasteiger partial charge in [-0.15, -0.1) is 11.3 Å². The molecule has 2 atom stereocenters. The van der Waals surface area contributed by atoms with Gasteiger partial charge >= 0.3 is 5.97 Å². The Labute approximate surface area is 171 Å². The number of esters is 1. The molecule has 2 aromatic carbocycles. The number of hydrogen-bond acceptors (Lipinski definition) is 6. The largest absolute Gasteiger partial charge is 0.508 e. The van der Waals surface area contributed by atoms with Crippen LogP contribution in [0.4, 0.5) is 0 Å². The number of carbonyl (C=O) groups is 2. The van der Waals surface area contributed by atoms with Crippen LogP contribution in [-0.2, 0) is 21.4 Å². The number of phenols is 1. The summed E-state index contributed by atoms with van der Waals surface area (Å²) in [5, 5.41) is 9.99. The van der Waals surface area contributed by atoms with Gasteiger partial charge in [0, 0.05) is 18.2 Å². The molecule has 1 fully saturated rings. The zero-order valence-corrected chi connectivity index (χ0v) is 16.7. The second-order valence-electron chi connectivity index (χ2n) is 7.76. The lowest BCUT2D eigenvalue weighted by molar-refractivity contribution is -0.151. The number of rotatable bonds is 2. The zero-order chi connectivity index (χ0) is 20.2. The van der Waals surface area contributed by atoms with Gasteiger partial charge in [-0.1, -0.05) is 6.07 Å². The molecule has 7 heteroatoms. The molecule has 2 bridgehead atoms. The first-order chi connectivity index (χ1) is 14.0. The van der Waals surface area contributed by atoms with E-state index in [-0.39, 0.29) is 23.7 Å². The number of benzene rings is 2. The number of likely N-dealkylation sites (tertiary alicyclic amines) is 1. The Bertz CT molecular complexity index is 1140. The number of fused-ring (bicyclic) bond motifs is 5. The first kappa shape index (κ1) is 18.1. The van der Waals surface area contributed by atoms with Crippen LogP contribution in [0, 0.1) is 0 Å². The zero-order valence-electron chi connectivity index (χ0n) is 15.9. The highest BCUT2D eigenvalue weighted by molar-refractivity contribution is 7.16. The Morgan fingerprint density at radius 1 is 1.28 bits per heavy atom. The topological polar surface area (TPSA) is 79.7 Å². The molecule has 2 aliphatic rings. The molecule has 1 aliphatic heterocycles. The second kappa shape index (κ2) is 6.56. The summed E-state index contributed by atoms with van der Waals surface area (Å²) in [5.74, 6) is -0.180. The van der Waals surface area contributed by atoms with Gasteiger partial charge in [-0.3, -0.25) is 9.59 Å². The highest BCUT2D eigenvalue weighted by Crippen LogP contribution is 2.47. The minimum Gasteiger partial charge on any atom is -0.508 e. The maximum absolute atomic E-state index is 13.3. The van der Waals surface area contributed by atoms with E-state index in [9.17, 15) is 14.7 Å². The van der Waals surface area contributed by atoms with E-state index >= 15 is 0 Å². The molecule has 0 saturated carbocycles. The normalized spacial score (nSPS) is 22.9. The predicted molar refractivity (Wildman–Crippen MR) is 109 cm³/mol. The van der Waals surface area contributed by atoms with E-state index in [1.54, 1.807) is 17.6 Å². The van der Waals surface area contributed by atoms with Crippen molar-refractivity contribution in [1.82, 2.24) is 9.88 Å². The summed E-state index contributed by atoms with van der Waals surface area (Å²) < 4.78 is 6.14.